The molecule has 33 heavy (non-hydrogen) atoms. The number of hydrogen-bond acceptors (Lipinski definition) is 7. The Morgan fingerprint density at radius 1 is 1.09 bits per heavy atom. The van der Waals surface area contributed by atoms with Gasteiger partial charge in [-0.05, 0) is 62.6 Å². The molecule has 6 rings (SSSR count). The first-order valence-electron chi connectivity index (χ1n) is 11.9. The van der Waals surface area contributed by atoms with Crippen molar-refractivity contribution < 1.29 is 0 Å². The van der Waals surface area contributed by atoms with Crippen molar-refractivity contribution in [1.29, 1.82) is 0 Å². The van der Waals surface area contributed by atoms with E-state index in [1.54, 1.807) is 22.2 Å². The highest BCUT2D eigenvalue weighted by Crippen LogP contribution is 2.39. The van der Waals surface area contributed by atoms with Gasteiger partial charge in [0.1, 0.15) is 16.5 Å². The Morgan fingerprint density at radius 2 is 2.00 bits per heavy atom. The second-order valence-electron chi connectivity index (χ2n) is 8.84. The lowest BCUT2D eigenvalue weighted by atomic mass is 9.97. The van der Waals surface area contributed by atoms with Crippen LogP contribution in [0, 0.1) is 0 Å². The van der Waals surface area contributed by atoms with E-state index in [4.69, 9.17) is 9.97 Å². The summed E-state index contributed by atoms with van der Waals surface area (Å²) in [7, 11) is 0. The van der Waals surface area contributed by atoms with E-state index in [9.17, 15) is 4.79 Å². The smallest absolute Gasteiger partial charge is 0.345 e. The Balaban J connectivity index is 1.26. The van der Waals surface area contributed by atoms with Crippen LogP contribution in [0.25, 0.3) is 21.6 Å². The molecule has 1 aliphatic carbocycles. The Hall–Kier alpha value is -3.07. The van der Waals surface area contributed by atoms with Crippen LogP contribution in [0.5, 0.6) is 0 Å². The van der Waals surface area contributed by atoms with E-state index in [0.29, 0.717) is 12.4 Å². The highest BCUT2D eigenvalue weighted by Gasteiger charge is 2.22. The van der Waals surface area contributed by atoms with Crippen LogP contribution in [0.4, 0.5) is 5.82 Å². The quantitative estimate of drug-likeness (QED) is 0.439. The first-order chi connectivity index (χ1) is 16.3. The third-order valence-corrected chi connectivity index (χ3v) is 7.79. The molecule has 9 heteroatoms. The number of fused-ring (bicyclic) bond motifs is 4. The van der Waals surface area contributed by atoms with Crippen molar-refractivity contribution in [2.75, 3.05) is 11.9 Å². The molecule has 0 atom stereocenters. The van der Waals surface area contributed by atoms with Crippen molar-refractivity contribution in [3.8, 4) is 11.4 Å². The first-order valence-corrected chi connectivity index (χ1v) is 12.7. The van der Waals surface area contributed by atoms with Crippen LogP contribution in [0.3, 0.4) is 0 Å². The first kappa shape index (κ1) is 20.5. The van der Waals surface area contributed by atoms with Crippen molar-refractivity contribution in [2.24, 2.45) is 0 Å². The van der Waals surface area contributed by atoms with Gasteiger partial charge in [0.25, 0.3) is 0 Å². The lowest BCUT2D eigenvalue weighted by Crippen LogP contribution is -2.27. The van der Waals surface area contributed by atoms with Crippen LogP contribution in [0.2, 0.25) is 0 Å². The van der Waals surface area contributed by atoms with E-state index in [1.807, 2.05) is 22.9 Å². The second kappa shape index (κ2) is 8.70. The monoisotopic (exact) mass is 461 g/mol. The zero-order valence-electron chi connectivity index (χ0n) is 18.6. The van der Waals surface area contributed by atoms with Crippen molar-refractivity contribution in [1.82, 2.24) is 29.3 Å². The SMILES string of the molecule is O=c1n(CCCNc2nc(-c3cccnc3)nc3sc4c(c23)CCCC4)nc2n1CCCC2. The minimum absolute atomic E-state index is 0.0277. The van der Waals surface area contributed by atoms with Crippen LogP contribution < -0.4 is 11.0 Å². The largest absolute Gasteiger partial charge is 0.369 e. The average molecular weight is 462 g/mol. The fourth-order valence-electron chi connectivity index (χ4n) is 4.94. The van der Waals surface area contributed by atoms with Gasteiger partial charge in [0, 0.05) is 48.9 Å². The highest BCUT2D eigenvalue weighted by atomic mass is 32.1. The predicted molar refractivity (Wildman–Crippen MR) is 130 cm³/mol. The van der Waals surface area contributed by atoms with Gasteiger partial charge >= 0.3 is 5.69 Å². The Bertz CT molecular complexity index is 1350. The van der Waals surface area contributed by atoms with Crippen LogP contribution in [0.15, 0.2) is 29.3 Å². The third kappa shape index (κ3) is 3.84. The summed E-state index contributed by atoms with van der Waals surface area (Å²) in [6, 6.07) is 3.91. The van der Waals surface area contributed by atoms with Crippen LogP contribution in [0.1, 0.15) is 48.4 Å². The maximum atomic E-state index is 12.6. The standard InChI is InChI=1S/C24H27N7OS/c32-24-30-13-4-3-10-19(30)29-31(24)14-6-12-26-22-20-17-8-1-2-9-18(17)33-23(20)28-21(27-22)16-7-5-11-25-15-16/h5,7,11,15H,1-4,6,8-10,12-14H2,(H,26,27,28). The molecule has 0 saturated heterocycles. The van der Waals surface area contributed by atoms with E-state index in [2.05, 4.69) is 15.4 Å². The summed E-state index contributed by atoms with van der Waals surface area (Å²) in [5.41, 5.74) is 2.36. The Kier molecular flexibility index (Phi) is 5.41. The van der Waals surface area contributed by atoms with E-state index in [0.717, 1.165) is 73.7 Å². The summed E-state index contributed by atoms with van der Waals surface area (Å²) in [4.78, 5) is 29.2. The Morgan fingerprint density at radius 3 is 2.88 bits per heavy atom. The molecule has 2 aliphatic rings. The number of thiophene rings is 1. The van der Waals surface area contributed by atoms with Crippen LogP contribution >= 0.6 is 11.3 Å². The molecule has 4 aromatic rings. The van der Waals surface area contributed by atoms with Gasteiger partial charge in [0.05, 0.1) is 5.39 Å². The van der Waals surface area contributed by atoms with Crippen LogP contribution in [-0.4, -0.2) is 35.8 Å². The minimum atomic E-state index is 0.0277. The van der Waals surface area contributed by atoms with Crippen molar-refractivity contribution in [3.05, 3.63) is 51.3 Å². The number of rotatable bonds is 6. The van der Waals surface area contributed by atoms with Gasteiger partial charge in [-0.2, -0.15) is 5.10 Å². The van der Waals surface area contributed by atoms with Crippen molar-refractivity contribution >= 4 is 27.4 Å². The molecule has 0 fully saturated rings. The molecule has 4 aromatic heterocycles. The zero-order valence-corrected chi connectivity index (χ0v) is 19.4. The molecule has 0 saturated carbocycles. The van der Waals surface area contributed by atoms with E-state index in [1.165, 1.54) is 28.7 Å². The molecule has 0 unspecified atom stereocenters. The summed E-state index contributed by atoms with van der Waals surface area (Å²) >= 11 is 1.81. The predicted octanol–water partition coefficient (Wildman–Crippen LogP) is 3.83. The maximum Gasteiger partial charge on any atom is 0.345 e. The van der Waals surface area contributed by atoms with E-state index in [-0.39, 0.29) is 5.69 Å². The summed E-state index contributed by atoms with van der Waals surface area (Å²) < 4.78 is 3.47. The highest BCUT2D eigenvalue weighted by molar-refractivity contribution is 7.19. The van der Waals surface area contributed by atoms with Gasteiger partial charge in [-0.25, -0.2) is 19.4 Å². The van der Waals surface area contributed by atoms with Gasteiger partial charge in [0.15, 0.2) is 5.82 Å². The average Bonchev–Trinajstić information content (AvgIpc) is 3.40. The summed E-state index contributed by atoms with van der Waals surface area (Å²) in [5, 5.41) is 9.30. The molecular formula is C24H27N7OS. The number of aryl methyl sites for hydroxylation is 4. The van der Waals surface area contributed by atoms with Crippen molar-refractivity contribution in [3.63, 3.8) is 0 Å². The second-order valence-corrected chi connectivity index (χ2v) is 9.92. The van der Waals surface area contributed by atoms with Gasteiger partial charge in [0.2, 0.25) is 0 Å². The molecule has 0 aromatic carbocycles. The minimum Gasteiger partial charge on any atom is -0.369 e. The van der Waals surface area contributed by atoms with Gasteiger partial charge in [-0.3, -0.25) is 9.55 Å². The normalized spacial score (nSPS) is 15.4. The lowest BCUT2D eigenvalue weighted by molar-refractivity contribution is 0.510. The Labute approximate surface area is 195 Å². The molecule has 170 valence electrons. The molecule has 5 heterocycles. The molecule has 0 bridgehead atoms. The van der Waals surface area contributed by atoms with Gasteiger partial charge in [-0.1, -0.05) is 0 Å². The molecule has 0 radical (unpaired) electrons. The van der Waals surface area contributed by atoms with Gasteiger partial charge < -0.3 is 5.32 Å². The molecule has 0 amide bonds. The summed E-state index contributed by atoms with van der Waals surface area (Å²) in [6.07, 6.45) is 12.1. The van der Waals surface area contributed by atoms with Crippen molar-refractivity contribution in [2.45, 2.75) is 64.5 Å². The van der Waals surface area contributed by atoms with E-state index < -0.39 is 0 Å². The summed E-state index contributed by atoms with van der Waals surface area (Å²) in [5.74, 6) is 2.53. The number of hydrogen-bond donors (Lipinski definition) is 1. The third-order valence-electron chi connectivity index (χ3n) is 6.61. The van der Waals surface area contributed by atoms with Crippen LogP contribution in [-0.2, 0) is 32.4 Å². The summed E-state index contributed by atoms with van der Waals surface area (Å²) in [6.45, 7) is 2.13. The number of aromatic nitrogens is 6. The van der Waals surface area contributed by atoms with Gasteiger partial charge in [-0.15, -0.1) is 11.3 Å². The molecule has 8 nitrogen and oxygen atoms in total. The number of pyridine rings is 1. The lowest BCUT2D eigenvalue weighted by Gasteiger charge is -2.13. The number of anilines is 1. The molecule has 0 spiro atoms. The number of nitrogens with zero attached hydrogens (tertiary/aromatic N) is 6. The maximum absolute atomic E-state index is 12.6. The molecular weight excluding hydrogens is 434 g/mol. The fraction of sp³-hybridized carbons (Fsp3) is 0.458. The molecule has 1 N–H and O–H groups in total. The fourth-order valence-corrected chi connectivity index (χ4v) is 6.20. The number of nitrogens with one attached hydrogen (secondary N) is 1. The zero-order chi connectivity index (χ0) is 22.2. The van der Waals surface area contributed by atoms with E-state index >= 15 is 0 Å². The molecule has 1 aliphatic heterocycles. The topological polar surface area (TPSA) is 90.5 Å².